The van der Waals surface area contributed by atoms with Crippen LogP contribution in [-0.2, 0) is 0 Å². The molecule has 1 aromatic carbocycles. The van der Waals surface area contributed by atoms with Gasteiger partial charge in [0.1, 0.15) is 0 Å². The van der Waals surface area contributed by atoms with Gasteiger partial charge in [-0.05, 0) is 28.1 Å². The average Bonchev–Trinajstić information content (AvgIpc) is 2.72. The maximum atomic E-state index is 4.45. The quantitative estimate of drug-likeness (QED) is 0.685. The van der Waals surface area contributed by atoms with Crippen molar-refractivity contribution in [1.82, 2.24) is 19.8 Å². The minimum absolute atomic E-state index is 0.611. The summed E-state index contributed by atoms with van der Waals surface area (Å²) in [6.45, 7) is 0. The Morgan fingerprint density at radius 1 is 0.938 bits per heavy atom. The summed E-state index contributed by atoms with van der Waals surface area (Å²) in [6.07, 6.45) is 0. The van der Waals surface area contributed by atoms with Crippen molar-refractivity contribution in [2.45, 2.75) is 0 Å². The number of fused-ring (bicyclic) bond motifs is 1. The normalized spacial score (nSPS) is 10.8. The number of benzene rings is 1. The van der Waals surface area contributed by atoms with Crippen LogP contribution in [0.25, 0.3) is 16.9 Å². The minimum Gasteiger partial charge on any atom is -0.186 e. The summed E-state index contributed by atoms with van der Waals surface area (Å²) in [5.41, 5.74) is 2.70. The largest absolute Gasteiger partial charge is 0.221 e. The molecule has 0 aliphatic heterocycles. The lowest BCUT2D eigenvalue weighted by Crippen LogP contribution is -1.94. The molecule has 3 aromatic rings. The van der Waals surface area contributed by atoms with Crippen LogP contribution in [0.15, 0.2) is 47.2 Å². The number of halogens is 1. The fourth-order valence-corrected chi connectivity index (χ4v) is 1.87. The average molecular weight is 275 g/mol. The molecule has 0 atom stereocenters. The molecule has 0 saturated carbocycles. The highest BCUT2D eigenvalue weighted by Crippen LogP contribution is 2.17. The molecule has 3 rings (SSSR count). The van der Waals surface area contributed by atoms with Gasteiger partial charge in [-0.15, -0.1) is 10.2 Å². The predicted molar refractivity (Wildman–Crippen MR) is 63.9 cm³/mol. The van der Waals surface area contributed by atoms with E-state index < -0.39 is 0 Å². The van der Waals surface area contributed by atoms with E-state index in [1.54, 1.807) is 4.52 Å². The molecular formula is C11H7BrN4. The van der Waals surface area contributed by atoms with Crippen molar-refractivity contribution in [2.24, 2.45) is 0 Å². The Hall–Kier alpha value is -1.75. The van der Waals surface area contributed by atoms with Crippen molar-refractivity contribution < 1.29 is 0 Å². The fourth-order valence-electron chi connectivity index (χ4n) is 1.53. The molecule has 0 aliphatic carbocycles. The van der Waals surface area contributed by atoms with E-state index in [1.165, 1.54) is 0 Å². The van der Waals surface area contributed by atoms with Gasteiger partial charge in [-0.1, -0.05) is 30.3 Å². The first-order valence-electron chi connectivity index (χ1n) is 4.78. The van der Waals surface area contributed by atoms with E-state index in [-0.39, 0.29) is 0 Å². The van der Waals surface area contributed by atoms with Crippen LogP contribution in [-0.4, -0.2) is 19.8 Å². The van der Waals surface area contributed by atoms with Crippen molar-refractivity contribution >= 4 is 21.6 Å². The summed E-state index contributed by atoms with van der Waals surface area (Å²) < 4.78 is 2.28. The molecule has 16 heavy (non-hydrogen) atoms. The second-order valence-electron chi connectivity index (χ2n) is 3.32. The van der Waals surface area contributed by atoms with E-state index in [1.807, 2.05) is 42.5 Å². The van der Waals surface area contributed by atoms with Crippen molar-refractivity contribution in [3.63, 3.8) is 0 Å². The molecule has 78 valence electrons. The van der Waals surface area contributed by atoms with Gasteiger partial charge in [0.05, 0.1) is 5.69 Å². The summed E-state index contributed by atoms with van der Waals surface area (Å²) in [7, 11) is 0. The van der Waals surface area contributed by atoms with Gasteiger partial charge in [0, 0.05) is 5.56 Å². The highest BCUT2D eigenvalue weighted by Gasteiger charge is 2.05. The molecule has 0 bridgehead atoms. The van der Waals surface area contributed by atoms with Crippen LogP contribution in [0.2, 0.25) is 0 Å². The van der Waals surface area contributed by atoms with Gasteiger partial charge in [-0.2, -0.15) is 9.61 Å². The summed E-state index contributed by atoms with van der Waals surface area (Å²) in [5.74, 6) is 0. The molecule has 0 N–H and O–H groups in total. The summed E-state index contributed by atoms with van der Waals surface area (Å²) in [4.78, 5) is 0. The number of nitrogens with zero attached hydrogens (tertiary/aromatic N) is 4. The van der Waals surface area contributed by atoms with E-state index in [0.717, 1.165) is 16.9 Å². The molecule has 4 nitrogen and oxygen atoms in total. The first-order chi connectivity index (χ1) is 7.84. The second-order valence-corrected chi connectivity index (χ2v) is 4.03. The number of rotatable bonds is 1. The van der Waals surface area contributed by atoms with Gasteiger partial charge in [0.25, 0.3) is 0 Å². The van der Waals surface area contributed by atoms with Crippen molar-refractivity contribution in [1.29, 1.82) is 0 Å². The molecule has 0 saturated heterocycles. The van der Waals surface area contributed by atoms with E-state index in [4.69, 9.17) is 0 Å². The third-order valence-electron chi connectivity index (χ3n) is 2.29. The Labute approximate surface area is 100 Å². The zero-order valence-corrected chi connectivity index (χ0v) is 9.79. The van der Waals surface area contributed by atoms with Crippen molar-refractivity contribution in [2.75, 3.05) is 0 Å². The molecule has 2 aromatic heterocycles. The molecular weight excluding hydrogens is 268 g/mol. The number of hydrogen-bond acceptors (Lipinski definition) is 3. The Morgan fingerprint density at radius 2 is 1.75 bits per heavy atom. The zero-order chi connectivity index (χ0) is 11.0. The van der Waals surface area contributed by atoms with Crippen LogP contribution < -0.4 is 0 Å². The molecule has 2 heterocycles. The molecule has 0 unspecified atom stereocenters. The van der Waals surface area contributed by atoms with Gasteiger partial charge in [-0.3, -0.25) is 0 Å². The van der Waals surface area contributed by atoms with Gasteiger partial charge < -0.3 is 0 Å². The van der Waals surface area contributed by atoms with Gasteiger partial charge in [0.15, 0.2) is 5.65 Å². The van der Waals surface area contributed by atoms with Crippen LogP contribution in [0.1, 0.15) is 0 Å². The molecule has 0 amide bonds. The van der Waals surface area contributed by atoms with E-state index >= 15 is 0 Å². The monoisotopic (exact) mass is 274 g/mol. The lowest BCUT2D eigenvalue weighted by Gasteiger charge is -2.00. The Bertz CT molecular complexity index is 633. The van der Waals surface area contributed by atoms with Gasteiger partial charge in [0.2, 0.25) is 4.73 Å². The smallest absolute Gasteiger partial charge is 0.186 e. The van der Waals surface area contributed by atoms with Crippen LogP contribution in [0.3, 0.4) is 0 Å². The number of aromatic nitrogens is 4. The summed E-state index contributed by atoms with van der Waals surface area (Å²) in [6, 6.07) is 13.8. The highest BCUT2D eigenvalue weighted by atomic mass is 79.9. The molecule has 0 fully saturated rings. The first kappa shape index (κ1) is 9.47. The standard InChI is InChI=1S/C11H7BrN4/c12-11-14-13-10-7-6-9(15-16(10)11)8-4-2-1-3-5-8/h1-7H. The van der Waals surface area contributed by atoms with Gasteiger partial charge in [-0.25, -0.2) is 0 Å². The van der Waals surface area contributed by atoms with Crippen molar-refractivity contribution in [3.05, 3.63) is 47.2 Å². The van der Waals surface area contributed by atoms with Crippen LogP contribution >= 0.6 is 15.9 Å². The van der Waals surface area contributed by atoms with Crippen molar-refractivity contribution in [3.8, 4) is 11.3 Å². The lowest BCUT2D eigenvalue weighted by molar-refractivity contribution is 0.903. The first-order valence-corrected chi connectivity index (χ1v) is 5.57. The van der Waals surface area contributed by atoms with Crippen LogP contribution in [0.4, 0.5) is 0 Å². The molecule has 0 aliphatic rings. The Balaban J connectivity index is 2.22. The Kier molecular flexibility index (Phi) is 2.18. The molecule has 0 spiro atoms. The minimum atomic E-state index is 0.611. The lowest BCUT2D eigenvalue weighted by atomic mass is 10.1. The van der Waals surface area contributed by atoms with Crippen LogP contribution in [0.5, 0.6) is 0 Å². The third-order valence-corrected chi connectivity index (χ3v) is 2.79. The molecule has 5 heteroatoms. The number of hydrogen-bond donors (Lipinski definition) is 0. The van der Waals surface area contributed by atoms with Gasteiger partial charge >= 0.3 is 0 Å². The molecule has 0 radical (unpaired) electrons. The maximum absolute atomic E-state index is 4.45. The van der Waals surface area contributed by atoms with E-state index in [9.17, 15) is 0 Å². The van der Waals surface area contributed by atoms with Crippen LogP contribution in [0, 0.1) is 0 Å². The third kappa shape index (κ3) is 1.49. The topological polar surface area (TPSA) is 43.1 Å². The zero-order valence-electron chi connectivity index (χ0n) is 8.21. The second kappa shape index (κ2) is 3.68. The Morgan fingerprint density at radius 3 is 2.56 bits per heavy atom. The van der Waals surface area contributed by atoms with E-state index in [0.29, 0.717) is 4.73 Å². The SMILES string of the molecule is Brc1nnc2ccc(-c3ccccc3)nn12. The summed E-state index contributed by atoms with van der Waals surface area (Å²) in [5, 5.41) is 12.3. The maximum Gasteiger partial charge on any atom is 0.221 e. The van der Waals surface area contributed by atoms with E-state index in [2.05, 4.69) is 31.2 Å². The highest BCUT2D eigenvalue weighted by molar-refractivity contribution is 9.10. The predicted octanol–water partition coefficient (Wildman–Crippen LogP) is 2.55. The summed E-state index contributed by atoms with van der Waals surface area (Å²) >= 11 is 3.30. The fraction of sp³-hybridized carbons (Fsp3) is 0.